The van der Waals surface area contributed by atoms with E-state index in [0.717, 1.165) is 28.0 Å². The summed E-state index contributed by atoms with van der Waals surface area (Å²) in [5.41, 5.74) is 1.83. The highest BCUT2D eigenvalue weighted by atomic mass is 79.9. The zero-order valence-corrected chi connectivity index (χ0v) is 14.8. The molecule has 22 heavy (non-hydrogen) atoms. The Hall–Kier alpha value is -1.17. The summed E-state index contributed by atoms with van der Waals surface area (Å²) in [6.07, 6.45) is 0. The summed E-state index contributed by atoms with van der Waals surface area (Å²) in [5.74, 6) is 0.917. The molecule has 1 aliphatic rings. The number of hydrogen-bond acceptors (Lipinski definition) is 2. The lowest BCUT2D eigenvalue weighted by molar-refractivity contribution is 0.214. The smallest absolute Gasteiger partial charge is 0.308 e. The number of carbonyl (C=O) groups is 1. The predicted molar refractivity (Wildman–Crippen MR) is 96.5 cm³/mol. The van der Waals surface area contributed by atoms with E-state index in [-0.39, 0.29) is 11.4 Å². The number of benzene rings is 2. The third-order valence-electron chi connectivity index (χ3n) is 3.40. The molecule has 1 saturated heterocycles. The van der Waals surface area contributed by atoms with Crippen LogP contribution in [-0.2, 0) is 0 Å². The summed E-state index contributed by atoms with van der Waals surface area (Å²) in [6, 6.07) is 15.2. The lowest BCUT2D eigenvalue weighted by Gasteiger charge is -2.24. The Bertz CT molecular complexity index is 697. The number of amides is 2. The van der Waals surface area contributed by atoms with Crippen LogP contribution in [0.1, 0.15) is 10.9 Å². The molecular weight excluding hydrogens is 384 g/mol. The normalized spacial score (nSPS) is 17.5. The highest BCUT2D eigenvalue weighted by Crippen LogP contribution is 2.39. The first-order chi connectivity index (χ1) is 10.6. The van der Waals surface area contributed by atoms with E-state index in [4.69, 9.17) is 11.6 Å². The lowest BCUT2D eigenvalue weighted by atomic mass is 10.2. The van der Waals surface area contributed by atoms with E-state index in [9.17, 15) is 4.79 Å². The van der Waals surface area contributed by atoms with Crippen molar-refractivity contribution in [3.63, 3.8) is 0 Å². The van der Waals surface area contributed by atoms with Gasteiger partial charge in [-0.3, -0.25) is 0 Å². The maximum Gasteiger partial charge on any atom is 0.323 e. The van der Waals surface area contributed by atoms with Crippen molar-refractivity contribution in [1.29, 1.82) is 0 Å². The first-order valence-corrected chi connectivity index (χ1v) is 9.06. The molecule has 2 aromatic rings. The molecule has 3 rings (SSSR count). The van der Waals surface area contributed by atoms with E-state index in [2.05, 4.69) is 21.2 Å². The number of nitrogens with zero attached hydrogens (tertiary/aromatic N) is 1. The van der Waals surface area contributed by atoms with Gasteiger partial charge in [-0.2, -0.15) is 0 Å². The molecule has 0 aromatic heterocycles. The molecular formula is C16H14BrClN2OS. The molecule has 1 aliphatic heterocycles. The van der Waals surface area contributed by atoms with Crippen LogP contribution in [0.2, 0.25) is 5.02 Å². The average molecular weight is 398 g/mol. The second kappa shape index (κ2) is 6.94. The first-order valence-electron chi connectivity index (χ1n) is 6.84. The van der Waals surface area contributed by atoms with Gasteiger partial charge in [0.15, 0.2) is 0 Å². The minimum atomic E-state index is -0.0955. The molecule has 0 aliphatic carbocycles. The van der Waals surface area contributed by atoms with Crippen LogP contribution in [0.25, 0.3) is 0 Å². The van der Waals surface area contributed by atoms with Gasteiger partial charge in [-0.15, -0.1) is 11.8 Å². The van der Waals surface area contributed by atoms with Crippen LogP contribution in [0.3, 0.4) is 0 Å². The van der Waals surface area contributed by atoms with Crippen molar-refractivity contribution in [1.82, 2.24) is 4.90 Å². The van der Waals surface area contributed by atoms with Crippen molar-refractivity contribution < 1.29 is 4.79 Å². The van der Waals surface area contributed by atoms with E-state index in [1.807, 2.05) is 53.4 Å². The molecule has 114 valence electrons. The third-order valence-corrected chi connectivity index (χ3v) is 5.59. The Kier molecular flexibility index (Phi) is 4.96. The van der Waals surface area contributed by atoms with Gasteiger partial charge in [-0.1, -0.05) is 35.9 Å². The van der Waals surface area contributed by atoms with Crippen LogP contribution < -0.4 is 5.32 Å². The van der Waals surface area contributed by atoms with E-state index in [1.165, 1.54) is 0 Å². The van der Waals surface area contributed by atoms with Gasteiger partial charge in [0.1, 0.15) is 5.37 Å². The Labute approximate surface area is 147 Å². The average Bonchev–Trinajstić information content (AvgIpc) is 2.99. The van der Waals surface area contributed by atoms with E-state index in [0.29, 0.717) is 5.02 Å². The summed E-state index contributed by atoms with van der Waals surface area (Å²) in [4.78, 5) is 14.4. The zero-order valence-electron chi connectivity index (χ0n) is 11.6. The van der Waals surface area contributed by atoms with Gasteiger partial charge in [0, 0.05) is 21.8 Å². The lowest BCUT2D eigenvalue weighted by Crippen LogP contribution is -2.34. The van der Waals surface area contributed by atoms with Crippen LogP contribution in [0.15, 0.2) is 53.0 Å². The SMILES string of the molecule is O=C(Nc1ccccc1Br)N1CCS[C@H]1c1cccc(Cl)c1. The van der Waals surface area contributed by atoms with Crippen LogP contribution in [-0.4, -0.2) is 23.2 Å². The molecule has 1 fully saturated rings. The van der Waals surface area contributed by atoms with Gasteiger partial charge in [0.25, 0.3) is 0 Å². The zero-order chi connectivity index (χ0) is 15.5. The Balaban J connectivity index is 1.78. The van der Waals surface area contributed by atoms with Gasteiger partial charge < -0.3 is 10.2 Å². The minimum Gasteiger partial charge on any atom is -0.308 e. The third kappa shape index (κ3) is 3.42. The van der Waals surface area contributed by atoms with Crippen LogP contribution in [0.4, 0.5) is 10.5 Å². The summed E-state index contributed by atoms with van der Waals surface area (Å²) in [5, 5.41) is 3.65. The number of thioether (sulfide) groups is 1. The topological polar surface area (TPSA) is 32.3 Å². The highest BCUT2D eigenvalue weighted by molar-refractivity contribution is 9.10. The number of nitrogens with one attached hydrogen (secondary N) is 1. The van der Waals surface area contributed by atoms with Crippen molar-refractivity contribution in [2.75, 3.05) is 17.6 Å². The number of anilines is 1. The van der Waals surface area contributed by atoms with Gasteiger partial charge in [-0.25, -0.2) is 4.79 Å². The second-order valence-electron chi connectivity index (χ2n) is 4.88. The second-order valence-corrected chi connectivity index (χ2v) is 7.36. The molecule has 2 amide bonds. The fourth-order valence-corrected chi connectivity index (χ4v) is 4.19. The molecule has 0 spiro atoms. The number of rotatable bonds is 2. The molecule has 0 unspecified atom stereocenters. The molecule has 0 radical (unpaired) electrons. The van der Waals surface area contributed by atoms with E-state index < -0.39 is 0 Å². The quantitative estimate of drug-likeness (QED) is 0.737. The van der Waals surface area contributed by atoms with Crippen LogP contribution >= 0.6 is 39.3 Å². The van der Waals surface area contributed by atoms with E-state index >= 15 is 0 Å². The molecule has 1 atom stereocenters. The van der Waals surface area contributed by atoms with Crippen LogP contribution in [0, 0.1) is 0 Å². The first kappa shape index (κ1) is 15.7. The van der Waals surface area contributed by atoms with Gasteiger partial charge in [-0.05, 0) is 45.8 Å². The maximum atomic E-state index is 12.6. The van der Waals surface area contributed by atoms with Crippen molar-refractivity contribution >= 4 is 51.0 Å². The highest BCUT2D eigenvalue weighted by Gasteiger charge is 2.31. The number of urea groups is 1. The van der Waals surface area contributed by atoms with Gasteiger partial charge >= 0.3 is 6.03 Å². The molecule has 3 nitrogen and oxygen atoms in total. The Morgan fingerprint density at radius 2 is 2.09 bits per heavy atom. The summed E-state index contributed by atoms with van der Waals surface area (Å²) >= 11 is 11.3. The fraction of sp³-hybridized carbons (Fsp3) is 0.188. The van der Waals surface area contributed by atoms with Crippen molar-refractivity contribution in [2.45, 2.75) is 5.37 Å². The molecule has 1 N–H and O–H groups in total. The number of halogens is 2. The summed E-state index contributed by atoms with van der Waals surface area (Å²) < 4.78 is 0.870. The predicted octanol–water partition coefficient (Wildman–Crippen LogP) is 5.38. The molecule has 2 aromatic carbocycles. The largest absolute Gasteiger partial charge is 0.323 e. The minimum absolute atomic E-state index is 0.00110. The van der Waals surface area contributed by atoms with Gasteiger partial charge in [0.2, 0.25) is 0 Å². The molecule has 6 heteroatoms. The number of para-hydroxylation sites is 1. The molecule has 1 heterocycles. The standard InChI is InChI=1S/C16H14BrClN2OS/c17-13-6-1-2-7-14(13)19-16(21)20-8-9-22-15(20)11-4-3-5-12(18)10-11/h1-7,10,15H,8-9H2,(H,19,21)/t15-/m0/s1. The molecule has 0 bridgehead atoms. The summed E-state index contributed by atoms with van der Waals surface area (Å²) in [7, 11) is 0. The summed E-state index contributed by atoms with van der Waals surface area (Å²) in [6.45, 7) is 0.720. The van der Waals surface area contributed by atoms with Crippen molar-refractivity contribution in [3.05, 3.63) is 63.6 Å². The number of carbonyl (C=O) groups excluding carboxylic acids is 1. The molecule has 0 saturated carbocycles. The van der Waals surface area contributed by atoms with Gasteiger partial charge in [0.05, 0.1) is 5.69 Å². The van der Waals surface area contributed by atoms with Crippen molar-refractivity contribution in [3.8, 4) is 0 Å². The monoisotopic (exact) mass is 396 g/mol. The van der Waals surface area contributed by atoms with E-state index in [1.54, 1.807) is 11.8 Å². The van der Waals surface area contributed by atoms with Crippen LogP contribution in [0.5, 0.6) is 0 Å². The maximum absolute atomic E-state index is 12.6. The fourth-order valence-electron chi connectivity index (χ4n) is 2.36. The Morgan fingerprint density at radius 3 is 2.86 bits per heavy atom. The van der Waals surface area contributed by atoms with Crippen molar-refractivity contribution in [2.24, 2.45) is 0 Å². The number of hydrogen-bond donors (Lipinski definition) is 1. The Morgan fingerprint density at radius 1 is 1.27 bits per heavy atom.